The molecular weight excluding hydrogens is 629 g/mol. The van der Waals surface area contributed by atoms with Crippen LogP contribution in [0.25, 0.3) is 43.9 Å². The quantitative estimate of drug-likeness (QED) is 0.199. The van der Waals surface area contributed by atoms with Gasteiger partial charge in [-0.1, -0.05) is 139 Å². The molecule has 0 amide bonds. The highest BCUT2D eigenvalue weighted by Gasteiger charge is 2.37. The van der Waals surface area contributed by atoms with Crippen LogP contribution < -0.4 is 5.32 Å². The summed E-state index contributed by atoms with van der Waals surface area (Å²) in [4.78, 5) is 6.66. The van der Waals surface area contributed by atoms with Crippen molar-refractivity contribution in [2.45, 2.75) is 41.2 Å². The maximum atomic E-state index is 5.30. The van der Waals surface area contributed by atoms with Crippen LogP contribution >= 0.6 is 11.8 Å². The van der Waals surface area contributed by atoms with Gasteiger partial charge in [-0.25, -0.2) is 0 Å². The maximum absolute atomic E-state index is 5.30. The highest BCUT2D eigenvalue weighted by atomic mass is 32.2. The van der Waals surface area contributed by atoms with E-state index in [2.05, 4.69) is 168 Å². The SMILES string of the molecule is C1=CC2c3ccccc3SC2C(n2c3ccccc3c3ccc(C4=NC(C5=CCCC=C5)NC(c5ccc(-c6ccccc6)cc5)[N-]4)cc32)=C1. The van der Waals surface area contributed by atoms with Crippen LogP contribution in [0.3, 0.4) is 0 Å². The monoisotopic (exact) mass is 663 g/mol. The van der Waals surface area contributed by atoms with Crippen LogP contribution in [0, 0.1) is 0 Å². The third kappa shape index (κ3) is 5.00. The molecule has 6 aromatic rings. The van der Waals surface area contributed by atoms with Gasteiger partial charge in [0.2, 0.25) is 0 Å². The van der Waals surface area contributed by atoms with E-state index in [1.807, 2.05) is 11.8 Å². The average molecular weight is 664 g/mol. The van der Waals surface area contributed by atoms with E-state index < -0.39 is 0 Å². The fraction of sp³-hybridized carbons (Fsp3) is 0.133. The molecule has 4 aliphatic rings. The van der Waals surface area contributed by atoms with Gasteiger partial charge in [0, 0.05) is 39.6 Å². The summed E-state index contributed by atoms with van der Waals surface area (Å²) in [6.45, 7) is 0. The summed E-state index contributed by atoms with van der Waals surface area (Å²) in [5.41, 5.74) is 10.9. The predicted octanol–water partition coefficient (Wildman–Crippen LogP) is 11.2. The zero-order valence-electron chi connectivity index (χ0n) is 27.5. The van der Waals surface area contributed by atoms with Crippen LogP contribution in [0.2, 0.25) is 0 Å². The molecule has 0 saturated carbocycles. The van der Waals surface area contributed by atoms with Crippen LogP contribution in [0.4, 0.5) is 0 Å². The van der Waals surface area contributed by atoms with Gasteiger partial charge in [0.1, 0.15) is 0 Å². The first-order valence-corrected chi connectivity index (χ1v) is 18.4. The number of fused-ring (bicyclic) bond motifs is 6. The van der Waals surface area contributed by atoms with Crippen molar-refractivity contribution >= 4 is 45.1 Å². The van der Waals surface area contributed by atoms with E-state index in [-0.39, 0.29) is 12.3 Å². The smallest absolute Gasteiger partial charge is 0.0604 e. The number of thioether (sulfide) groups is 1. The van der Waals surface area contributed by atoms with Crippen molar-refractivity contribution in [3.8, 4) is 11.1 Å². The number of aromatic nitrogens is 1. The van der Waals surface area contributed by atoms with Crippen molar-refractivity contribution in [3.05, 3.63) is 185 Å². The highest BCUT2D eigenvalue weighted by Crippen LogP contribution is 2.52. The first-order chi connectivity index (χ1) is 24.8. The molecule has 10 rings (SSSR count). The first-order valence-electron chi connectivity index (χ1n) is 17.5. The highest BCUT2D eigenvalue weighted by molar-refractivity contribution is 8.00. The fourth-order valence-corrected chi connectivity index (χ4v) is 9.42. The molecule has 1 aromatic heterocycles. The number of para-hydroxylation sites is 1. The summed E-state index contributed by atoms with van der Waals surface area (Å²) >= 11 is 1.99. The molecule has 242 valence electrons. The van der Waals surface area contributed by atoms with Crippen LogP contribution in [0.5, 0.6) is 0 Å². The van der Waals surface area contributed by atoms with E-state index in [0.717, 1.165) is 29.8 Å². The minimum atomic E-state index is -0.226. The number of hydrogen-bond acceptors (Lipinski definition) is 3. The van der Waals surface area contributed by atoms with E-state index in [9.17, 15) is 0 Å². The topological polar surface area (TPSA) is 43.4 Å². The van der Waals surface area contributed by atoms with Gasteiger partial charge >= 0.3 is 0 Å². The molecule has 2 aliphatic carbocycles. The minimum Gasteiger partial charge on any atom is -0.445 e. The molecule has 4 atom stereocenters. The van der Waals surface area contributed by atoms with Gasteiger partial charge in [0.15, 0.2) is 0 Å². The van der Waals surface area contributed by atoms with E-state index in [1.165, 1.54) is 54.7 Å². The Morgan fingerprint density at radius 1 is 0.740 bits per heavy atom. The molecule has 5 aromatic carbocycles. The lowest BCUT2D eigenvalue weighted by Gasteiger charge is -2.41. The second-order valence-electron chi connectivity index (χ2n) is 13.4. The zero-order valence-corrected chi connectivity index (χ0v) is 28.3. The lowest BCUT2D eigenvalue weighted by molar-refractivity contribution is 0.521. The van der Waals surface area contributed by atoms with Crippen molar-refractivity contribution < 1.29 is 0 Å². The molecule has 3 heterocycles. The molecule has 4 nitrogen and oxygen atoms in total. The fourth-order valence-electron chi connectivity index (χ4n) is 7.96. The third-order valence-electron chi connectivity index (χ3n) is 10.4. The summed E-state index contributed by atoms with van der Waals surface area (Å²) in [6.07, 6.45) is 15.4. The van der Waals surface area contributed by atoms with Crippen molar-refractivity contribution in [3.63, 3.8) is 0 Å². The maximum Gasteiger partial charge on any atom is 0.0604 e. The van der Waals surface area contributed by atoms with Gasteiger partial charge in [-0.3, -0.25) is 0 Å². The van der Waals surface area contributed by atoms with Crippen LogP contribution in [0.15, 0.2) is 173 Å². The summed E-state index contributed by atoms with van der Waals surface area (Å²) in [5.74, 6) is 1.13. The Balaban J connectivity index is 1.07. The van der Waals surface area contributed by atoms with E-state index >= 15 is 0 Å². The first kappa shape index (κ1) is 29.5. The van der Waals surface area contributed by atoms with Gasteiger partial charge < -0.3 is 20.2 Å². The van der Waals surface area contributed by atoms with Crippen LogP contribution in [-0.4, -0.2) is 21.8 Å². The van der Waals surface area contributed by atoms with Crippen LogP contribution in [-0.2, 0) is 0 Å². The predicted molar refractivity (Wildman–Crippen MR) is 210 cm³/mol. The number of hydrogen-bond donors (Lipinski definition) is 1. The Bertz CT molecular complexity index is 2430. The lowest BCUT2D eigenvalue weighted by Crippen LogP contribution is -2.38. The van der Waals surface area contributed by atoms with E-state index in [4.69, 9.17) is 10.3 Å². The largest absolute Gasteiger partial charge is 0.445 e. The van der Waals surface area contributed by atoms with Crippen LogP contribution in [0.1, 0.15) is 41.6 Å². The standard InChI is InChI=1S/C45H35N4S/c1-3-12-29(13-4-1)30-22-24-32(25-23-30)44-46-43(31-14-5-2-6-15-31)47-45(48-44)33-26-27-35-34-16-7-9-19-38(34)49(40(35)28-33)39-20-11-18-37-36-17-8-10-21-41(36)50-42(37)39/h1,3-5,7-28,37,42-44,46H,2,6H2/q-1. The summed E-state index contributed by atoms with van der Waals surface area (Å²) < 4.78 is 2.50. The molecule has 2 aliphatic heterocycles. The zero-order chi connectivity index (χ0) is 33.0. The normalized spacial score (nSPS) is 22.4. The van der Waals surface area contributed by atoms with Gasteiger partial charge in [-0.15, -0.1) is 11.8 Å². The number of rotatable bonds is 5. The Hall–Kier alpha value is -5.36. The summed E-state index contributed by atoms with van der Waals surface area (Å²) in [7, 11) is 0. The Labute approximate surface area is 296 Å². The lowest BCUT2D eigenvalue weighted by atomic mass is 9.90. The molecule has 50 heavy (non-hydrogen) atoms. The second kappa shape index (κ2) is 12.2. The molecule has 0 saturated heterocycles. The molecule has 5 heteroatoms. The molecule has 4 unspecified atom stereocenters. The van der Waals surface area contributed by atoms with Gasteiger partial charge in [0.05, 0.1) is 16.3 Å². The Morgan fingerprint density at radius 2 is 1.52 bits per heavy atom. The average Bonchev–Trinajstić information content (AvgIpc) is 3.74. The van der Waals surface area contributed by atoms with Crippen molar-refractivity contribution in [1.82, 2.24) is 9.88 Å². The molecule has 0 fully saturated rings. The Morgan fingerprint density at radius 3 is 2.40 bits per heavy atom. The van der Waals surface area contributed by atoms with Crippen molar-refractivity contribution in [2.24, 2.45) is 4.99 Å². The Kier molecular flexibility index (Phi) is 7.21. The molecule has 1 N–H and O–H groups in total. The van der Waals surface area contributed by atoms with E-state index in [1.54, 1.807) is 0 Å². The minimum absolute atomic E-state index is 0.181. The van der Waals surface area contributed by atoms with Gasteiger partial charge in [-0.2, -0.15) is 0 Å². The van der Waals surface area contributed by atoms with Crippen molar-refractivity contribution in [2.75, 3.05) is 0 Å². The summed E-state index contributed by atoms with van der Waals surface area (Å²) in [6, 6.07) is 43.8. The number of aliphatic imine (C=N–C) groups is 1. The number of amidine groups is 1. The third-order valence-corrected chi connectivity index (χ3v) is 11.8. The molecule has 0 radical (unpaired) electrons. The summed E-state index contributed by atoms with van der Waals surface area (Å²) in [5, 5.41) is 11.9. The second-order valence-corrected chi connectivity index (χ2v) is 14.6. The van der Waals surface area contributed by atoms with Gasteiger partial charge in [-0.05, 0) is 70.5 Å². The molecule has 0 bridgehead atoms. The van der Waals surface area contributed by atoms with E-state index in [0.29, 0.717) is 11.2 Å². The molecular formula is C45H35N4S-. The van der Waals surface area contributed by atoms with Gasteiger partial charge in [0.25, 0.3) is 0 Å². The number of benzene rings is 5. The van der Waals surface area contributed by atoms with Crippen molar-refractivity contribution in [1.29, 1.82) is 0 Å². The number of allylic oxidation sites excluding steroid dienone is 5. The molecule has 0 spiro atoms. The number of nitrogens with zero attached hydrogens (tertiary/aromatic N) is 3. The number of nitrogens with one attached hydrogen (secondary N) is 1.